The van der Waals surface area contributed by atoms with Crippen LogP contribution in [0.15, 0.2) is 22.1 Å². The van der Waals surface area contributed by atoms with Gasteiger partial charge in [0.2, 0.25) is 0 Å². The van der Waals surface area contributed by atoms with E-state index < -0.39 is 11.5 Å². The Bertz CT molecular complexity index is 1250. The molecule has 1 N–H and O–H groups in total. The second kappa shape index (κ2) is 8.39. The Hall–Kier alpha value is -3.00. The summed E-state index contributed by atoms with van der Waals surface area (Å²) in [7, 11) is 1.25. The van der Waals surface area contributed by atoms with Crippen LogP contribution in [0.5, 0.6) is 0 Å². The molecule has 2 heterocycles. The number of thioether (sulfide) groups is 1. The molecular formula is C22H23N3O4S. The van der Waals surface area contributed by atoms with E-state index in [-0.39, 0.29) is 33.3 Å². The van der Waals surface area contributed by atoms with Gasteiger partial charge in [-0.3, -0.25) is 9.59 Å². The number of aryl methyl sites for hydroxylation is 2. The van der Waals surface area contributed by atoms with Crippen LogP contribution in [-0.4, -0.2) is 39.6 Å². The Balaban J connectivity index is 1.93. The maximum absolute atomic E-state index is 12.8. The third-order valence-electron chi connectivity index (χ3n) is 5.31. The summed E-state index contributed by atoms with van der Waals surface area (Å²) in [5.74, 6) is -0.555. The van der Waals surface area contributed by atoms with Crippen molar-refractivity contribution in [2.24, 2.45) is 0 Å². The van der Waals surface area contributed by atoms with E-state index in [1.807, 2.05) is 33.8 Å². The summed E-state index contributed by atoms with van der Waals surface area (Å²) < 4.78 is 4.75. The number of hydrogen-bond acceptors (Lipinski definition) is 7. The van der Waals surface area contributed by atoms with Crippen LogP contribution in [0, 0.1) is 34.6 Å². The van der Waals surface area contributed by atoms with Crippen molar-refractivity contribution >= 4 is 34.5 Å². The van der Waals surface area contributed by atoms with E-state index in [1.165, 1.54) is 18.7 Å². The molecule has 0 atom stereocenters. The molecule has 0 aliphatic rings. The Labute approximate surface area is 178 Å². The Morgan fingerprint density at radius 2 is 1.70 bits per heavy atom. The zero-order chi connectivity index (χ0) is 22.2. The van der Waals surface area contributed by atoms with Crippen molar-refractivity contribution in [3.05, 3.63) is 61.6 Å². The number of ether oxygens (including phenoxy) is 1. The Morgan fingerprint density at radius 1 is 1.00 bits per heavy atom. The number of benzene rings is 1. The highest BCUT2D eigenvalue weighted by Crippen LogP contribution is 2.24. The average molecular weight is 426 g/mol. The SMILES string of the molecule is COC(=O)c1cc(C)nc2nc(SCC(=O)c3cc(C)c(C)c(C)c3C)[nH]c(=O)c12. The predicted molar refractivity (Wildman–Crippen MR) is 117 cm³/mol. The molecule has 0 spiro atoms. The highest BCUT2D eigenvalue weighted by molar-refractivity contribution is 7.99. The van der Waals surface area contributed by atoms with Crippen molar-refractivity contribution in [3.63, 3.8) is 0 Å². The van der Waals surface area contributed by atoms with E-state index in [4.69, 9.17) is 4.74 Å². The average Bonchev–Trinajstić information content (AvgIpc) is 2.71. The molecule has 0 aliphatic carbocycles. The number of carbonyl (C=O) groups excluding carboxylic acids is 2. The summed E-state index contributed by atoms with van der Waals surface area (Å²) >= 11 is 1.13. The zero-order valence-electron chi connectivity index (χ0n) is 17.8. The van der Waals surface area contributed by atoms with Crippen LogP contribution in [0.1, 0.15) is 48.7 Å². The second-order valence-corrected chi connectivity index (χ2v) is 8.16. The summed E-state index contributed by atoms with van der Waals surface area (Å²) in [6.07, 6.45) is 0. The topological polar surface area (TPSA) is 102 Å². The number of carbonyl (C=O) groups is 2. The lowest BCUT2D eigenvalue weighted by Crippen LogP contribution is -2.16. The highest BCUT2D eigenvalue weighted by atomic mass is 32.2. The summed E-state index contributed by atoms with van der Waals surface area (Å²) in [6.45, 7) is 9.69. The monoisotopic (exact) mass is 425 g/mol. The number of fused-ring (bicyclic) bond motifs is 1. The number of methoxy groups -OCH3 is 1. The minimum Gasteiger partial charge on any atom is -0.465 e. The maximum Gasteiger partial charge on any atom is 0.338 e. The number of pyridine rings is 1. The molecule has 7 nitrogen and oxygen atoms in total. The number of esters is 1. The molecule has 0 saturated carbocycles. The minimum absolute atomic E-state index is 0.0427. The standard InChI is InChI=1S/C22H23N3O4S/c1-10-7-15(14(5)13(4)12(10)3)17(26)9-30-22-24-19-18(20(27)25-22)16(21(28)29-6)8-11(2)23-19/h7-8H,9H2,1-6H3,(H,23,24,25,27). The number of ketones is 1. The summed E-state index contributed by atoms with van der Waals surface area (Å²) in [6, 6.07) is 3.40. The molecule has 2 aromatic heterocycles. The smallest absolute Gasteiger partial charge is 0.338 e. The van der Waals surface area contributed by atoms with E-state index in [2.05, 4.69) is 15.0 Å². The zero-order valence-corrected chi connectivity index (χ0v) is 18.6. The molecule has 0 saturated heterocycles. The van der Waals surface area contributed by atoms with Crippen LogP contribution in [0.2, 0.25) is 0 Å². The van der Waals surface area contributed by atoms with Crippen LogP contribution < -0.4 is 5.56 Å². The lowest BCUT2D eigenvalue weighted by atomic mass is 9.93. The fourth-order valence-electron chi connectivity index (χ4n) is 3.30. The molecular weight excluding hydrogens is 402 g/mol. The van der Waals surface area contributed by atoms with Gasteiger partial charge in [0.05, 0.1) is 23.8 Å². The molecule has 156 valence electrons. The van der Waals surface area contributed by atoms with Gasteiger partial charge in [0, 0.05) is 11.3 Å². The number of Topliss-reactive ketones (excluding diaryl/α,β-unsaturated/α-hetero) is 1. The first kappa shape index (κ1) is 21.7. The van der Waals surface area contributed by atoms with Crippen molar-refractivity contribution in [1.82, 2.24) is 15.0 Å². The number of rotatable bonds is 5. The van der Waals surface area contributed by atoms with E-state index in [9.17, 15) is 14.4 Å². The van der Waals surface area contributed by atoms with Gasteiger partial charge < -0.3 is 9.72 Å². The molecule has 1 aromatic carbocycles. The third kappa shape index (κ3) is 4.00. The molecule has 0 aliphatic heterocycles. The largest absolute Gasteiger partial charge is 0.465 e. The van der Waals surface area contributed by atoms with Crippen LogP contribution in [-0.2, 0) is 4.74 Å². The van der Waals surface area contributed by atoms with Gasteiger partial charge in [-0.25, -0.2) is 14.8 Å². The first-order valence-electron chi connectivity index (χ1n) is 9.37. The number of nitrogens with one attached hydrogen (secondary N) is 1. The predicted octanol–water partition coefficient (Wildman–Crippen LogP) is 3.62. The van der Waals surface area contributed by atoms with Gasteiger partial charge in [0.15, 0.2) is 16.6 Å². The molecule has 0 fully saturated rings. The number of nitrogens with zero attached hydrogens (tertiary/aromatic N) is 2. The second-order valence-electron chi connectivity index (χ2n) is 7.20. The quantitative estimate of drug-likeness (QED) is 0.288. The molecule has 0 bridgehead atoms. The van der Waals surface area contributed by atoms with Crippen molar-refractivity contribution in [3.8, 4) is 0 Å². The number of hydrogen-bond donors (Lipinski definition) is 1. The molecule has 3 aromatic rings. The van der Waals surface area contributed by atoms with Crippen molar-refractivity contribution in [2.75, 3.05) is 12.9 Å². The molecule has 3 rings (SSSR count). The molecule has 8 heteroatoms. The molecule has 0 radical (unpaired) electrons. The van der Waals surface area contributed by atoms with Gasteiger partial charge in [-0.1, -0.05) is 11.8 Å². The van der Waals surface area contributed by atoms with Crippen LogP contribution in [0.25, 0.3) is 11.0 Å². The normalized spacial score (nSPS) is 11.0. The maximum atomic E-state index is 12.8. The van der Waals surface area contributed by atoms with Gasteiger partial charge in [-0.05, 0) is 69.0 Å². The van der Waals surface area contributed by atoms with Gasteiger partial charge in [0.1, 0.15) is 0 Å². The molecule has 0 unspecified atom stereocenters. The van der Waals surface area contributed by atoms with Gasteiger partial charge in [-0.15, -0.1) is 0 Å². The van der Waals surface area contributed by atoms with Crippen LogP contribution in [0.3, 0.4) is 0 Å². The fourth-order valence-corrected chi connectivity index (χ4v) is 4.04. The summed E-state index contributed by atoms with van der Waals surface area (Å²) in [5.41, 5.74) is 5.29. The van der Waals surface area contributed by atoms with Gasteiger partial charge >= 0.3 is 5.97 Å². The third-order valence-corrected chi connectivity index (χ3v) is 6.18. The highest BCUT2D eigenvalue weighted by Gasteiger charge is 2.19. The first-order valence-corrected chi connectivity index (χ1v) is 10.4. The fraction of sp³-hybridized carbons (Fsp3) is 0.318. The molecule has 30 heavy (non-hydrogen) atoms. The van der Waals surface area contributed by atoms with E-state index in [0.29, 0.717) is 11.3 Å². The number of H-pyrrole nitrogens is 1. The minimum atomic E-state index is -0.631. The first-order chi connectivity index (χ1) is 14.1. The van der Waals surface area contributed by atoms with Crippen LogP contribution >= 0.6 is 11.8 Å². The Kier molecular flexibility index (Phi) is 6.07. The summed E-state index contributed by atoms with van der Waals surface area (Å²) in [4.78, 5) is 48.7. The van der Waals surface area contributed by atoms with E-state index in [1.54, 1.807) is 6.92 Å². The van der Waals surface area contributed by atoms with Crippen molar-refractivity contribution in [1.29, 1.82) is 0 Å². The number of aromatic nitrogens is 3. The lowest BCUT2D eigenvalue weighted by molar-refractivity contribution is 0.0602. The Morgan fingerprint density at radius 3 is 2.37 bits per heavy atom. The van der Waals surface area contributed by atoms with E-state index >= 15 is 0 Å². The lowest BCUT2D eigenvalue weighted by Gasteiger charge is -2.13. The van der Waals surface area contributed by atoms with Crippen molar-refractivity contribution in [2.45, 2.75) is 39.8 Å². The van der Waals surface area contributed by atoms with Crippen molar-refractivity contribution < 1.29 is 14.3 Å². The molecule has 0 amide bonds. The summed E-state index contributed by atoms with van der Waals surface area (Å²) in [5, 5.41) is 0.344. The number of aromatic amines is 1. The van der Waals surface area contributed by atoms with E-state index in [0.717, 1.165) is 28.5 Å². The van der Waals surface area contributed by atoms with Gasteiger partial charge in [0.25, 0.3) is 5.56 Å². The van der Waals surface area contributed by atoms with Gasteiger partial charge in [-0.2, -0.15) is 0 Å². The van der Waals surface area contributed by atoms with Crippen LogP contribution in [0.4, 0.5) is 0 Å².